The molecule has 0 atom stereocenters. The molecule has 0 unspecified atom stereocenters. The second kappa shape index (κ2) is 7.30. The fourth-order valence-electron chi connectivity index (χ4n) is 1.12. The second-order valence-corrected chi connectivity index (χ2v) is 3.57. The number of ether oxygens (including phenoxy) is 2. The minimum Gasteiger partial charge on any atom is -0.380 e. The second-order valence-electron chi connectivity index (χ2n) is 3.57. The molecule has 80 valence electrons. The Morgan fingerprint density at radius 3 is 2.38 bits per heavy atom. The third-order valence-electron chi connectivity index (χ3n) is 1.71. The van der Waals surface area contributed by atoms with Gasteiger partial charge in [-0.05, 0) is 27.7 Å². The Bertz CT molecular complexity index is 115. The molecule has 0 bridgehead atoms. The van der Waals surface area contributed by atoms with Crippen molar-refractivity contribution < 1.29 is 9.47 Å². The zero-order chi connectivity index (χ0) is 10.2. The van der Waals surface area contributed by atoms with Crippen molar-refractivity contribution in [2.45, 2.75) is 33.3 Å². The minimum absolute atomic E-state index is 0.0685. The first-order chi connectivity index (χ1) is 6.12. The van der Waals surface area contributed by atoms with Gasteiger partial charge in [0.1, 0.15) is 0 Å². The molecule has 0 amide bonds. The van der Waals surface area contributed by atoms with Gasteiger partial charge in [0.05, 0.1) is 12.2 Å². The normalized spacial score (nSPS) is 12.0. The molecular weight excluding hydrogens is 166 g/mol. The Labute approximate surface area is 81.8 Å². The lowest BCUT2D eigenvalue weighted by atomic mass is 10.1. The monoisotopic (exact) mass is 189 g/mol. The van der Waals surface area contributed by atoms with Crippen molar-refractivity contribution in [3.05, 3.63) is 0 Å². The van der Waals surface area contributed by atoms with E-state index < -0.39 is 0 Å². The molecular formula is C10H23NO2. The minimum atomic E-state index is -0.0685. The van der Waals surface area contributed by atoms with E-state index in [0.717, 1.165) is 32.9 Å². The van der Waals surface area contributed by atoms with E-state index >= 15 is 0 Å². The maximum absolute atomic E-state index is 5.53. The van der Waals surface area contributed by atoms with Gasteiger partial charge in [-0.3, -0.25) is 0 Å². The Kier molecular flexibility index (Phi) is 7.23. The summed E-state index contributed by atoms with van der Waals surface area (Å²) < 4.78 is 10.7. The highest BCUT2D eigenvalue weighted by Gasteiger charge is 2.15. The summed E-state index contributed by atoms with van der Waals surface area (Å²) in [6, 6.07) is 0. The van der Waals surface area contributed by atoms with Crippen LogP contribution in [-0.4, -0.2) is 38.5 Å². The van der Waals surface area contributed by atoms with Gasteiger partial charge in [0.2, 0.25) is 0 Å². The van der Waals surface area contributed by atoms with Gasteiger partial charge in [-0.25, -0.2) is 0 Å². The number of hydrogen-bond donors (Lipinski definition) is 1. The van der Waals surface area contributed by atoms with Crippen LogP contribution in [0.15, 0.2) is 0 Å². The van der Waals surface area contributed by atoms with Gasteiger partial charge < -0.3 is 14.8 Å². The molecule has 13 heavy (non-hydrogen) atoms. The number of nitrogens with one attached hydrogen (secondary N) is 1. The lowest BCUT2D eigenvalue weighted by Crippen LogP contribution is -2.38. The first-order valence-corrected chi connectivity index (χ1v) is 5.05. The summed E-state index contributed by atoms with van der Waals surface area (Å²) in [5.41, 5.74) is -0.0685. The maximum Gasteiger partial charge on any atom is 0.0750 e. The van der Waals surface area contributed by atoms with Crippen molar-refractivity contribution in [1.82, 2.24) is 5.32 Å². The lowest BCUT2D eigenvalue weighted by molar-refractivity contribution is -0.00971. The van der Waals surface area contributed by atoms with Crippen molar-refractivity contribution in [3.63, 3.8) is 0 Å². The predicted octanol–water partition coefficient (Wildman–Crippen LogP) is 1.43. The van der Waals surface area contributed by atoms with Crippen LogP contribution in [0.1, 0.15) is 27.7 Å². The molecule has 3 nitrogen and oxygen atoms in total. The van der Waals surface area contributed by atoms with Gasteiger partial charge in [0.15, 0.2) is 0 Å². The molecule has 0 spiro atoms. The van der Waals surface area contributed by atoms with Crippen LogP contribution in [0.5, 0.6) is 0 Å². The molecule has 0 aliphatic heterocycles. The largest absolute Gasteiger partial charge is 0.380 e. The molecule has 0 saturated carbocycles. The van der Waals surface area contributed by atoms with Crippen molar-refractivity contribution >= 4 is 0 Å². The van der Waals surface area contributed by atoms with Gasteiger partial charge >= 0.3 is 0 Å². The molecule has 0 aliphatic carbocycles. The molecule has 0 aromatic rings. The van der Waals surface area contributed by atoms with Crippen LogP contribution in [0.3, 0.4) is 0 Å². The van der Waals surface area contributed by atoms with E-state index in [4.69, 9.17) is 9.47 Å². The van der Waals surface area contributed by atoms with E-state index in [-0.39, 0.29) is 5.60 Å². The van der Waals surface area contributed by atoms with Gasteiger partial charge in [0, 0.05) is 26.3 Å². The highest BCUT2D eigenvalue weighted by molar-refractivity contribution is 4.71. The highest BCUT2D eigenvalue weighted by Crippen LogP contribution is 2.06. The van der Waals surface area contributed by atoms with Crippen LogP contribution in [0.25, 0.3) is 0 Å². The van der Waals surface area contributed by atoms with Gasteiger partial charge in [0.25, 0.3) is 0 Å². The molecule has 3 heteroatoms. The highest BCUT2D eigenvalue weighted by atomic mass is 16.5. The Morgan fingerprint density at radius 1 is 1.15 bits per heavy atom. The Balaban J connectivity index is 3.29. The first-order valence-electron chi connectivity index (χ1n) is 5.05. The average Bonchev–Trinajstić information content (AvgIpc) is 2.04. The summed E-state index contributed by atoms with van der Waals surface area (Å²) in [7, 11) is 0. The summed E-state index contributed by atoms with van der Waals surface area (Å²) >= 11 is 0. The van der Waals surface area contributed by atoms with Gasteiger partial charge in [-0.1, -0.05) is 0 Å². The maximum atomic E-state index is 5.53. The van der Waals surface area contributed by atoms with E-state index in [1.54, 1.807) is 0 Å². The molecule has 0 heterocycles. The smallest absolute Gasteiger partial charge is 0.0750 e. The van der Waals surface area contributed by atoms with Crippen LogP contribution in [0, 0.1) is 0 Å². The Hall–Kier alpha value is -0.120. The van der Waals surface area contributed by atoms with Crippen LogP contribution in [-0.2, 0) is 9.47 Å². The van der Waals surface area contributed by atoms with Gasteiger partial charge in [-0.2, -0.15) is 0 Å². The zero-order valence-electron chi connectivity index (χ0n) is 9.35. The van der Waals surface area contributed by atoms with Crippen molar-refractivity contribution in [2.75, 3.05) is 32.9 Å². The molecule has 0 aliphatic rings. The van der Waals surface area contributed by atoms with Crippen LogP contribution in [0.4, 0.5) is 0 Å². The molecule has 0 fully saturated rings. The van der Waals surface area contributed by atoms with E-state index in [9.17, 15) is 0 Å². The molecule has 0 radical (unpaired) electrons. The summed E-state index contributed by atoms with van der Waals surface area (Å²) in [6.07, 6.45) is 0. The topological polar surface area (TPSA) is 30.5 Å². The lowest BCUT2D eigenvalue weighted by Gasteiger charge is -2.24. The van der Waals surface area contributed by atoms with Crippen LogP contribution in [0.2, 0.25) is 0 Å². The van der Waals surface area contributed by atoms with Crippen molar-refractivity contribution in [3.8, 4) is 0 Å². The number of hydrogen-bond acceptors (Lipinski definition) is 3. The van der Waals surface area contributed by atoms with E-state index in [1.807, 2.05) is 13.8 Å². The van der Waals surface area contributed by atoms with E-state index in [1.165, 1.54) is 0 Å². The molecule has 0 saturated heterocycles. The Morgan fingerprint density at radius 2 is 1.85 bits per heavy atom. The predicted molar refractivity (Wildman–Crippen MR) is 55.1 cm³/mol. The summed E-state index contributed by atoms with van der Waals surface area (Å²) in [4.78, 5) is 0. The third-order valence-corrected chi connectivity index (χ3v) is 1.71. The first kappa shape index (κ1) is 12.9. The van der Waals surface area contributed by atoms with E-state index in [0.29, 0.717) is 0 Å². The summed E-state index contributed by atoms with van der Waals surface area (Å²) in [5.74, 6) is 0. The fourth-order valence-corrected chi connectivity index (χ4v) is 1.12. The molecule has 1 N–H and O–H groups in total. The van der Waals surface area contributed by atoms with Gasteiger partial charge in [-0.15, -0.1) is 0 Å². The van der Waals surface area contributed by atoms with Crippen LogP contribution < -0.4 is 5.32 Å². The summed E-state index contributed by atoms with van der Waals surface area (Å²) in [5, 5.41) is 3.30. The molecule has 0 aromatic carbocycles. The number of rotatable bonds is 8. The van der Waals surface area contributed by atoms with Crippen molar-refractivity contribution in [2.24, 2.45) is 0 Å². The van der Waals surface area contributed by atoms with Crippen molar-refractivity contribution in [1.29, 1.82) is 0 Å². The standard InChI is InChI=1S/C10H23NO2/c1-5-12-8-7-11-9-10(3,4)13-6-2/h11H,5-9H2,1-4H3. The third kappa shape index (κ3) is 8.22. The summed E-state index contributed by atoms with van der Waals surface area (Å²) in [6.45, 7) is 12.3. The SMILES string of the molecule is CCOCCNCC(C)(C)OCC. The zero-order valence-corrected chi connectivity index (χ0v) is 9.35. The molecule has 0 aromatic heterocycles. The quantitative estimate of drug-likeness (QED) is 0.586. The van der Waals surface area contributed by atoms with E-state index in [2.05, 4.69) is 19.2 Å². The fraction of sp³-hybridized carbons (Fsp3) is 1.00. The van der Waals surface area contributed by atoms with Crippen LogP contribution >= 0.6 is 0 Å². The average molecular weight is 189 g/mol. The molecule has 0 rings (SSSR count).